The Morgan fingerprint density at radius 1 is 1.10 bits per heavy atom. The monoisotopic (exact) mass is 280 g/mol. The molecule has 2 rings (SSSR count). The third kappa shape index (κ3) is 3.72. The Bertz CT molecular complexity index is 430. The Hall–Kier alpha value is -1.10. The van der Waals surface area contributed by atoms with E-state index < -0.39 is 5.60 Å². The molecule has 4 nitrogen and oxygen atoms in total. The van der Waals surface area contributed by atoms with Crippen LogP contribution in [0.1, 0.15) is 43.6 Å². The quantitative estimate of drug-likeness (QED) is 0.587. The summed E-state index contributed by atoms with van der Waals surface area (Å²) in [5.41, 5.74) is 0.223. The largest absolute Gasteiger partial charge is 0.508 e. The Kier molecular flexibility index (Phi) is 4.37. The lowest BCUT2D eigenvalue weighted by atomic mass is 9.72. The summed E-state index contributed by atoms with van der Waals surface area (Å²) >= 11 is 0. The van der Waals surface area contributed by atoms with Crippen LogP contribution in [0.2, 0.25) is 0 Å². The van der Waals surface area contributed by atoms with Gasteiger partial charge in [0.05, 0.1) is 25.6 Å². The van der Waals surface area contributed by atoms with E-state index in [-0.39, 0.29) is 16.3 Å². The molecule has 1 fully saturated rings. The van der Waals surface area contributed by atoms with Crippen LogP contribution in [0.3, 0.4) is 0 Å². The minimum atomic E-state index is -0.756. The highest BCUT2D eigenvalue weighted by Crippen LogP contribution is 2.41. The first-order valence-corrected chi connectivity index (χ1v) is 7.37. The second-order valence-electron chi connectivity index (χ2n) is 6.61. The van der Waals surface area contributed by atoms with Gasteiger partial charge in [-0.1, -0.05) is 31.4 Å². The fourth-order valence-corrected chi connectivity index (χ4v) is 3.25. The zero-order valence-corrected chi connectivity index (χ0v) is 12.4. The van der Waals surface area contributed by atoms with Crippen LogP contribution < -0.4 is 0 Å². The first-order valence-electron chi connectivity index (χ1n) is 7.37. The molecule has 0 unspecified atom stereocenters. The van der Waals surface area contributed by atoms with Crippen molar-refractivity contribution < 1.29 is 20.1 Å². The van der Waals surface area contributed by atoms with Gasteiger partial charge in [0.2, 0.25) is 0 Å². The molecule has 1 aromatic carbocycles. The van der Waals surface area contributed by atoms with E-state index in [4.69, 9.17) is 0 Å². The number of phenols is 1. The van der Waals surface area contributed by atoms with Gasteiger partial charge in [0.15, 0.2) is 0 Å². The molecule has 1 aliphatic carbocycles. The van der Waals surface area contributed by atoms with Crippen molar-refractivity contribution in [2.45, 2.75) is 43.6 Å². The Balaban J connectivity index is 2.31. The summed E-state index contributed by atoms with van der Waals surface area (Å²) in [7, 11) is 3.44. The zero-order valence-electron chi connectivity index (χ0n) is 12.4. The van der Waals surface area contributed by atoms with Crippen molar-refractivity contribution in [2.24, 2.45) is 0 Å². The standard InChI is InChI=1S/C16H25NO3/c1-17(2,20)12-15(13-6-8-14(18)9-7-13)16(19)10-4-3-5-11-16/h6-9,15,19-20H,3-5,10-12H2,1-2H3/p+1/t15-/m0/s1. The number of hydrogen-bond acceptors (Lipinski definition) is 3. The van der Waals surface area contributed by atoms with Crippen LogP contribution in [0.5, 0.6) is 5.75 Å². The van der Waals surface area contributed by atoms with Crippen LogP contribution in [0.25, 0.3) is 0 Å². The van der Waals surface area contributed by atoms with Crippen LogP contribution in [0.15, 0.2) is 24.3 Å². The van der Waals surface area contributed by atoms with Crippen LogP contribution in [-0.4, -0.2) is 46.3 Å². The highest BCUT2D eigenvalue weighted by molar-refractivity contribution is 5.30. The number of rotatable bonds is 4. The number of aliphatic hydroxyl groups is 1. The van der Waals surface area contributed by atoms with Gasteiger partial charge < -0.3 is 10.2 Å². The van der Waals surface area contributed by atoms with E-state index in [1.165, 1.54) is 6.42 Å². The highest BCUT2D eigenvalue weighted by Gasteiger charge is 2.42. The molecule has 0 aromatic heterocycles. The van der Waals surface area contributed by atoms with Gasteiger partial charge in [0, 0.05) is 0 Å². The molecule has 0 saturated heterocycles. The van der Waals surface area contributed by atoms with Crippen LogP contribution >= 0.6 is 0 Å². The Morgan fingerprint density at radius 2 is 1.65 bits per heavy atom. The maximum atomic E-state index is 11.0. The van der Waals surface area contributed by atoms with Crippen LogP contribution in [-0.2, 0) is 0 Å². The molecule has 1 atom stereocenters. The Labute approximate surface area is 120 Å². The molecule has 0 aliphatic heterocycles. The fourth-order valence-electron chi connectivity index (χ4n) is 3.25. The predicted molar refractivity (Wildman–Crippen MR) is 77.6 cm³/mol. The number of hydrogen-bond donors (Lipinski definition) is 3. The molecule has 0 spiro atoms. The van der Waals surface area contributed by atoms with E-state index in [9.17, 15) is 15.4 Å². The van der Waals surface area contributed by atoms with Gasteiger partial charge in [-0.2, -0.15) is 4.65 Å². The number of phenolic OH excluding ortho intramolecular Hbond substituents is 1. The van der Waals surface area contributed by atoms with Gasteiger partial charge in [-0.15, -0.1) is 0 Å². The molecule has 112 valence electrons. The van der Waals surface area contributed by atoms with E-state index in [0.717, 1.165) is 31.2 Å². The number of benzene rings is 1. The van der Waals surface area contributed by atoms with Gasteiger partial charge in [0.25, 0.3) is 0 Å². The van der Waals surface area contributed by atoms with Gasteiger partial charge in [0.1, 0.15) is 12.3 Å². The van der Waals surface area contributed by atoms with Crippen LogP contribution in [0, 0.1) is 0 Å². The summed E-state index contributed by atoms with van der Waals surface area (Å²) in [5, 5.41) is 30.6. The van der Waals surface area contributed by atoms with Gasteiger partial charge >= 0.3 is 0 Å². The highest BCUT2D eigenvalue weighted by atomic mass is 16.5. The van der Waals surface area contributed by atoms with Crippen molar-refractivity contribution in [3.8, 4) is 5.75 Å². The first kappa shape index (κ1) is 15.3. The summed E-state index contributed by atoms with van der Waals surface area (Å²) < 4.78 is -0.173. The minimum Gasteiger partial charge on any atom is -0.508 e. The second kappa shape index (κ2) is 5.72. The maximum absolute atomic E-state index is 11.0. The van der Waals surface area contributed by atoms with Crippen LogP contribution in [0.4, 0.5) is 0 Å². The van der Waals surface area contributed by atoms with Crippen molar-refractivity contribution in [2.75, 3.05) is 20.6 Å². The topological polar surface area (TPSA) is 60.7 Å². The van der Waals surface area contributed by atoms with Gasteiger partial charge in [-0.05, 0) is 30.5 Å². The summed E-state index contributed by atoms with van der Waals surface area (Å²) in [6, 6.07) is 6.99. The normalized spacial score (nSPS) is 20.6. The molecule has 0 bridgehead atoms. The van der Waals surface area contributed by atoms with Gasteiger partial charge in [-0.25, -0.2) is 5.21 Å². The molecule has 1 saturated carbocycles. The summed E-state index contributed by atoms with van der Waals surface area (Å²) in [6.45, 7) is 0.460. The first-order chi connectivity index (χ1) is 9.30. The molecule has 4 heteroatoms. The average Bonchev–Trinajstić information content (AvgIpc) is 2.37. The molecule has 0 amide bonds. The number of nitrogens with zero attached hydrogens (tertiary/aromatic N) is 1. The summed E-state index contributed by atoms with van der Waals surface area (Å²) in [5.74, 6) is 0.101. The van der Waals surface area contributed by atoms with E-state index in [1.54, 1.807) is 26.2 Å². The van der Waals surface area contributed by atoms with E-state index >= 15 is 0 Å². The maximum Gasteiger partial charge on any atom is 0.118 e. The second-order valence-corrected chi connectivity index (χ2v) is 6.61. The third-order valence-electron chi connectivity index (χ3n) is 4.29. The van der Waals surface area contributed by atoms with Crippen molar-refractivity contribution in [3.05, 3.63) is 29.8 Å². The number of quaternary nitrogens is 1. The average molecular weight is 280 g/mol. The minimum absolute atomic E-state index is 0.122. The number of hydroxylamine groups is 3. The van der Waals surface area contributed by atoms with E-state index in [1.807, 2.05) is 12.1 Å². The molecular weight excluding hydrogens is 254 g/mol. The van der Waals surface area contributed by atoms with E-state index in [0.29, 0.717) is 6.54 Å². The molecule has 0 radical (unpaired) electrons. The van der Waals surface area contributed by atoms with Crippen molar-refractivity contribution in [3.63, 3.8) is 0 Å². The Morgan fingerprint density at radius 3 is 2.15 bits per heavy atom. The summed E-state index contributed by atoms with van der Waals surface area (Å²) in [4.78, 5) is 0. The lowest BCUT2D eigenvalue weighted by molar-refractivity contribution is -1.07. The smallest absolute Gasteiger partial charge is 0.118 e. The lowest BCUT2D eigenvalue weighted by Crippen LogP contribution is -2.48. The third-order valence-corrected chi connectivity index (χ3v) is 4.29. The van der Waals surface area contributed by atoms with Crippen molar-refractivity contribution in [1.29, 1.82) is 0 Å². The molecule has 20 heavy (non-hydrogen) atoms. The zero-order chi connectivity index (χ0) is 14.8. The predicted octanol–water partition coefficient (Wildman–Crippen LogP) is 2.64. The molecule has 1 aliphatic rings. The number of aromatic hydroxyl groups is 1. The van der Waals surface area contributed by atoms with Gasteiger partial charge in [-0.3, -0.25) is 0 Å². The van der Waals surface area contributed by atoms with Crippen molar-refractivity contribution >= 4 is 0 Å². The lowest BCUT2D eigenvalue weighted by Gasteiger charge is -2.41. The molecular formula is C16H26NO3+. The summed E-state index contributed by atoms with van der Waals surface area (Å²) in [6.07, 6.45) is 4.78. The molecule has 1 aromatic rings. The van der Waals surface area contributed by atoms with E-state index in [2.05, 4.69) is 0 Å². The fraction of sp³-hybridized carbons (Fsp3) is 0.625. The SMILES string of the molecule is C[N+](C)(O)C[C@@H](c1ccc(O)cc1)C1(O)CCCCC1. The number of likely N-dealkylation sites (N-methyl/N-ethyl adjacent to an activating group) is 1. The molecule has 3 N–H and O–H groups in total. The molecule has 0 heterocycles. The van der Waals surface area contributed by atoms with Crippen molar-refractivity contribution in [1.82, 2.24) is 0 Å².